The number of benzene rings is 1. The van der Waals surface area contributed by atoms with Crippen LogP contribution in [-0.4, -0.2) is 41.5 Å². The van der Waals surface area contributed by atoms with Crippen LogP contribution in [0.25, 0.3) is 0 Å². The van der Waals surface area contributed by atoms with E-state index in [0.29, 0.717) is 23.9 Å². The highest BCUT2D eigenvalue weighted by atomic mass is 32.2. The van der Waals surface area contributed by atoms with Crippen molar-refractivity contribution in [1.82, 2.24) is 14.3 Å². The fraction of sp³-hybridized carbons (Fsp3) is 0.389. The van der Waals surface area contributed by atoms with Crippen LogP contribution in [0.3, 0.4) is 0 Å². The maximum absolute atomic E-state index is 12.6. The molecule has 0 aliphatic carbocycles. The summed E-state index contributed by atoms with van der Waals surface area (Å²) in [7, 11) is -3.39. The molecule has 1 fully saturated rings. The number of aryl methyl sites for hydroxylation is 2. The number of hydrazone groups is 1. The van der Waals surface area contributed by atoms with Gasteiger partial charge in [-0.2, -0.15) is 9.41 Å². The molecule has 0 spiro atoms. The van der Waals surface area contributed by atoms with E-state index in [2.05, 4.69) is 20.5 Å². The van der Waals surface area contributed by atoms with Gasteiger partial charge in [0.15, 0.2) is 0 Å². The second-order valence-electron chi connectivity index (χ2n) is 6.42. The Bertz CT molecular complexity index is 897. The van der Waals surface area contributed by atoms with Crippen molar-refractivity contribution in [2.75, 3.05) is 18.5 Å². The van der Waals surface area contributed by atoms with E-state index in [4.69, 9.17) is 0 Å². The van der Waals surface area contributed by atoms with Crippen molar-refractivity contribution in [2.45, 2.75) is 38.5 Å². The molecule has 26 heavy (non-hydrogen) atoms. The van der Waals surface area contributed by atoms with E-state index in [0.717, 1.165) is 35.5 Å². The fourth-order valence-corrected chi connectivity index (χ4v) is 4.44. The molecule has 7 nitrogen and oxygen atoms in total. The van der Waals surface area contributed by atoms with Crippen LogP contribution in [0.1, 0.15) is 36.7 Å². The number of hydrogen-bond acceptors (Lipinski definition) is 6. The number of nitrogens with zero attached hydrogens (tertiary/aromatic N) is 4. The lowest BCUT2D eigenvalue weighted by Gasteiger charge is -2.15. The van der Waals surface area contributed by atoms with Gasteiger partial charge in [-0.15, -0.1) is 0 Å². The molecule has 8 heteroatoms. The molecule has 1 aliphatic rings. The Morgan fingerprint density at radius 1 is 1.08 bits per heavy atom. The zero-order valence-electron chi connectivity index (χ0n) is 15.2. The lowest BCUT2D eigenvalue weighted by atomic mass is 10.1. The summed E-state index contributed by atoms with van der Waals surface area (Å²) in [6.45, 7) is 6.85. The molecule has 0 bridgehead atoms. The molecule has 0 radical (unpaired) electrons. The molecule has 1 aromatic carbocycles. The van der Waals surface area contributed by atoms with Crippen LogP contribution in [0.15, 0.2) is 40.3 Å². The molecule has 0 saturated carbocycles. The van der Waals surface area contributed by atoms with Crippen molar-refractivity contribution in [1.29, 1.82) is 0 Å². The molecule has 2 heterocycles. The summed E-state index contributed by atoms with van der Waals surface area (Å²) < 4.78 is 26.7. The SMILES string of the molecule is C/C(=N\Nc1nc(C)cc(C)n1)c1ccc(S(=O)(=O)N2CCCC2)cc1. The van der Waals surface area contributed by atoms with Crippen LogP contribution >= 0.6 is 0 Å². The average Bonchev–Trinajstić information content (AvgIpc) is 3.14. The Hall–Kier alpha value is -2.32. The molecule has 3 rings (SSSR count). The van der Waals surface area contributed by atoms with Gasteiger partial charge in [0.05, 0.1) is 10.6 Å². The van der Waals surface area contributed by atoms with E-state index in [9.17, 15) is 8.42 Å². The summed E-state index contributed by atoms with van der Waals surface area (Å²) in [6.07, 6.45) is 1.85. The van der Waals surface area contributed by atoms with Crippen molar-refractivity contribution in [3.05, 3.63) is 47.3 Å². The number of aromatic nitrogens is 2. The van der Waals surface area contributed by atoms with Gasteiger partial charge in [0.1, 0.15) is 0 Å². The maximum atomic E-state index is 12.6. The average molecular weight is 373 g/mol. The molecular weight excluding hydrogens is 350 g/mol. The summed E-state index contributed by atoms with van der Waals surface area (Å²) in [5, 5.41) is 4.30. The summed E-state index contributed by atoms with van der Waals surface area (Å²) in [6, 6.07) is 8.70. The van der Waals surface area contributed by atoms with Gasteiger partial charge >= 0.3 is 0 Å². The van der Waals surface area contributed by atoms with Crippen LogP contribution in [0.2, 0.25) is 0 Å². The quantitative estimate of drug-likeness (QED) is 0.643. The highest BCUT2D eigenvalue weighted by molar-refractivity contribution is 7.89. The molecule has 138 valence electrons. The van der Waals surface area contributed by atoms with Crippen LogP contribution in [0.5, 0.6) is 0 Å². The number of nitrogens with one attached hydrogen (secondary N) is 1. The Labute approximate surface area is 154 Å². The minimum atomic E-state index is -3.39. The third-order valence-electron chi connectivity index (χ3n) is 4.28. The molecule has 0 unspecified atom stereocenters. The van der Waals surface area contributed by atoms with E-state index in [-0.39, 0.29) is 0 Å². The van der Waals surface area contributed by atoms with E-state index in [1.165, 1.54) is 0 Å². The van der Waals surface area contributed by atoms with Crippen LogP contribution < -0.4 is 5.43 Å². The normalized spacial score (nSPS) is 16.0. The van der Waals surface area contributed by atoms with Crippen molar-refractivity contribution in [3.63, 3.8) is 0 Å². The maximum Gasteiger partial charge on any atom is 0.243 e. The zero-order chi connectivity index (χ0) is 18.7. The third kappa shape index (κ3) is 4.08. The molecule has 1 aliphatic heterocycles. The summed E-state index contributed by atoms with van der Waals surface area (Å²) in [4.78, 5) is 8.87. The summed E-state index contributed by atoms with van der Waals surface area (Å²) in [5.74, 6) is 0.440. The molecule has 1 saturated heterocycles. The van der Waals surface area contributed by atoms with Gasteiger partial charge in [0, 0.05) is 24.5 Å². The molecule has 0 atom stereocenters. The van der Waals surface area contributed by atoms with Gasteiger partial charge in [0.25, 0.3) is 0 Å². The first kappa shape index (κ1) is 18.5. The number of anilines is 1. The first-order chi connectivity index (χ1) is 12.4. The van der Waals surface area contributed by atoms with E-state index >= 15 is 0 Å². The topological polar surface area (TPSA) is 87.5 Å². The van der Waals surface area contributed by atoms with Crippen molar-refractivity contribution >= 4 is 21.7 Å². The minimum absolute atomic E-state index is 0.321. The minimum Gasteiger partial charge on any atom is -0.245 e. The fourth-order valence-electron chi connectivity index (χ4n) is 2.92. The Morgan fingerprint density at radius 2 is 1.65 bits per heavy atom. The standard InChI is InChI=1S/C18H23N5O2S/c1-13-12-14(2)20-18(19-13)22-21-15(3)16-6-8-17(9-7-16)26(24,25)23-10-4-5-11-23/h6-9,12H,4-5,10-11H2,1-3H3,(H,19,20,22)/b21-15+. The van der Waals surface area contributed by atoms with E-state index in [1.54, 1.807) is 28.6 Å². The van der Waals surface area contributed by atoms with Crippen LogP contribution in [0, 0.1) is 13.8 Å². The van der Waals surface area contributed by atoms with Gasteiger partial charge in [0.2, 0.25) is 16.0 Å². The molecule has 1 N–H and O–H groups in total. The second kappa shape index (κ2) is 7.51. The first-order valence-corrected chi connectivity index (χ1v) is 10.0. The summed E-state index contributed by atoms with van der Waals surface area (Å²) >= 11 is 0. The van der Waals surface area contributed by atoms with Gasteiger partial charge in [-0.3, -0.25) is 0 Å². The van der Waals surface area contributed by atoms with Gasteiger partial charge < -0.3 is 0 Å². The van der Waals surface area contributed by atoms with Crippen molar-refractivity contribution in [2.24, 2.45) is 5.10 Å². The van der Waals surface area contributed by atoms with E-state index in [1.807, 2.05) is 26.8 Å². The van der Waals surface area contributed by atoms with Gasteiger partial charge in [-0.1, -0.05) is 12.1 Å². The predicted octanol–water partition coefficient (Wildman–Crippen LogP) is 2.71. The first-order valence-electron chi connectivity index (χ1n) is 8.59. The van der Waals surface area contributed by atoms with Crippen molar-refractivity contribution < 1.29 is 8.42 Å². The third-order valence-corrected chi connectivity index (χ3v) is 6.19. The Kier molecular flexibility index (Phi) is 5.33. The van der Waals surface area contributed by atoms with Gasteiger partial charge in [-0.05, 0) is 57.4 Å². The number of rotatable bonds is 5. The second-order valence-corrected chi connectivity index (χ2v) is 8.36. The zero-order valence-corrected chi connectivity index (χ0v) is 16.0. The van der Waals surface area contributed by atoms with Gasteiger partial charge in [-0.25, -0.2) is 23.8 Å². The lowest BCUT2D eigenvalue weighted by molar-refractivity contribution is 0.477. The highest BCUT2D eigenvalue weighted by Crippen LogP contribution is 2.21. The predicted molar refractivity (Wildman–Crippen MR) is 102 cm³/mol. The summed E-state index contributed by atoms with van der Waals surface area (Å²) in [5.41, 5.74) is 6.14. The molecular formula is C18H23N5O2S. The van der Waals surface area contributed by atoms with Crippen molar-refractivity contribution in [3.8, 4) is 0 Å². The smallest absolute Gasteiger partial charge is 0.243 e. The monoisotopic (exact) mass is 373 g/mol. The molecule has 0 amide bonds. The molecule has 1 aromatic heterocycles. The largest absolute Gasteiger partial charge is 0.245 e. The number of hydrogen-bond donors (Lipinski definition) is 1. The molecule has 2 aromatic rings. The van der Waals surface area contributed by atoms with E-state index < -0.39 is 10.0 Å². The Balaban J connectivity index is 1.75. The Morgan fingerprint density at radius 3 is 2.23 bits per heavy atom. The highest BCUT2D eigenvalue weighted by Gasteiger charge is 2.26. The van der Waals surface area contributed by atoms with Crippen LogP contribution in [0.4, 0.5) is 5.95 Å². The van der Waals surface area contributed by atoms with Crippen LogP contribution in [-0.2, 0) is 10.0 Å². The number of sulfonamides is 1. The lowest BCUT2D eigenvalue weighted by Crippen LogP contribution is -2.27.